The van der Waals surface area contributed by atoms with E-state index in [-0.39, 0.29) is 5.41 Å². The van der Waals surface area contributed by atoms with Crippen LogP contribution in [-0.2, 0) is 5.41 Å². The molecule has 1 aliphatic rings. The molecule has 14 rings (SSSR count). The zero-order valence-electron chi connectivity index (χ0n) is 39.3. The van der Waals surface area contributed by atoms with Crippen molar-refractivity contribution in [1.82, 2.24) is 0 Å². The molecular weight excluding hydrogens is 865 g/mol. The fraction of sp³-hybridized carbons (Fsp3) is 0.0448. The van der Waals surface area contributed by atoms with Crippen LogP contribution in [0.3, 0.4) is 0 Å². The van der Waals surface area contributed by atoms with Crippen LogP contribution in [0.5, 0.6) is 0 Å². The van der Waals surface area contributed by atoms with Gasteiger partial charge in [0.1, 0.15) is 11.2 Å². The van der Waals surface area contributed by atoms with Crippen LogP contribution in [0.15, 0.2) is 251 Å². The molecule has 13 aromatic rings. The second-order valence-electron chi connectivity index (χ2n) is 19.3. The Kier molecular flexibility index (Phi) is 9.21. The van der Waals surface area contributed by atoms with Crippen molar-refractivity contribution in [2.24, 2.45) is 0 Å². The summed E-state index contributed by atoms with van der Waals surface area (Å²) in [6, 6.07) is 87.2. The SMILES string of the molecule is CC1(C)c2cc(N(c3cccc(-c4ccccc4)c3)c3cccc4c3oc3ccccc34)ccc2-c2ccc3cc(N(c4cccc(-c5ccccc5)c4)c4cccc5c4oc4ccccc45)ccc3c21. The predicted octanol–water partition coefficient (Wildman–Crippen LogP) is 19.2. The summed E-state index contributed by atoms with van der Waals surface area (Å²) >= 11 is 0. The number of rotatable bonds is 8. The standard InChI is InChI=1S/C67H46N2O2/c1-67(2)59-42-51(69(49-24-14-22-46(40-49)44-19-7-4-8-20-44)61-30-16-28-58-55-26-10-12-32-63(55)71-66(58)61)35-38-53(59)56-36-33-47-41-50(34-37-52(47)64(56)67)68(48-23-13-21-45(39-48)43-17-5-3-6-18-43)60-29-15-27-57-54-25-9-11-31-62(54)70-65(57)60/h3-42H,1-2H3. The highest BCUT2D eigenvalue weighted by atomic mass is 16.3. The zero-order chi connectivity index (χ0) is 47.2. The van der Waals surface area contributed by atoms with Gasteiger partial charge in [0, 0.05) is 49.7 Å². The van der Waals surface area contributed by atoms with E-state index in [0.29, 0.717) is 0 Å². The summed E-state index contributed by atoms with van der Waals surface area (Å²) in [5.74, 6) is 0. The summed E-state index contributed by atoms with van der Waals surface area (Å²) in [7, 11) is 0. The highest BCUT2D eigenvalue weighted by Gasteiger charge is 2.38. The molecule has 336 valence electrons. The van der Waals surface area contributed by atoms with E-state index in [2.05, 4.69) is 254 Å². The number of para-hydroxylation sites is 4. The highest BCUT2D eigenvalue weighted by Crippen LogP contribution is 2.54. The van der Waals surface area contributed by atoms with Crippen molar-refractivity contribution in [3.8, 4) is 33.4 Å². The quantitative estimate of drug-likeness (QED) is 0.152. The minimum Gasteiger partial charge on any atom is -0.454 e. The lowest BCUT2D eigenvalue weighted by atomic mass is 9.80. The first-order valence-electron chi connectivity index (χ1n) is 24.4. The molecule has 4 heteroatoms. The molecule has 0 N–H and O–H groups in total. The summed E-state index contributed by atoms with van der Waals surface area (Å²) < 4.78 is 13.5. The molecule has 0 amide bonds. The smallest absolute Gasteiger partial charge is 0.159 e. The summed E-state index contributed by atoms with van der Waals surface area (Å²) in [6.45, 7) is 4.78. The number of nitrogens with zero attached hydrogens (tertiary/aromatic N) is 2. The van der Waals surface area contributed by atoms with E-state index < -0.39 is 0 Å². The molecule has 0 fully saturated rings. The van der Waals surface area contributed by atoms with Crippen LogP contribution in [-0.4, -0.2) is 0 Å². The summed E-state index contributed by atoms with van der Waals surface area (Å²) in [5.41, 5.74) is 19.2. The Morgan fingerprint density at radius 1 is 0.324 bits per heavy atom. The molecule has 1 aliphatic carbocycles. The Hall–Kier alpha value is -9.12. The molecule has 0 bridgehead atoms. The fourth-order valence-corrected chi connectivity index (χ4v) is 11.5. The van der Waals surface area contributed by atoms with E-state index in [1.165, 1.54) is 44.2 Å². The first-order valence-corrected chi connectivity index (χ1v) is 24.4. The van der Waals surface area contributed by atoms with Crippen LogP contribution >= 0.6 is 0 Å². The van der Waals surface area contributed by atoms with Crippen molar-refractivity contribution >= 4 is 88.8 Å². The van der Waals surface area contributed by atoms with Gasteiger partial charge in [0.15, 0.2) is 11.2 Å². The number of hydrogen-bond acceptors (Lipinski definition) is 4. The van der Waals surface area contributed by atoms with Gasteiger partial charge >= 0.3 is 0 Å². The van der Waals surface area contributed by atoms with Crippen LogP contribution in [0.25, 0.3) is 88.0 Å². The molecule has 4 nitrogen and oxygen atoms in total. The number of furan rings is 2. The van der Waals surface area contributed by atoms with E-state index >= 15 is 0 Å². The minimum absolute atomic E-state index is 0.325. The molecule has 2 heterocycles. The van der Waals surface area contributed by atoms with Crippen molar-refractivity contribution < 1.29 is 8.83 Å². The molecule has 0 radical (unpaired) electrons. The summed E-state index contributed by atoms with van der Waals surface area (Å²) in [5, 5.41) is 6.83. The monoisotopic (exact) mass is 910 g/mol. The van der Waals surface area contributed by atoms with Crippen LogP contribution in [0.4, 0.5) is 34.1 Å². The second kappa shape index (κ2) is 16.0. The molecule has 0 unspecified atom stereocenters. The van der Waals surface area contributed by atoms with E-state index in [1.54, 1.807) is 0 Å². The van der Waals surface area contributed by atoms with Gasteiger partial charge in [-0.1, -0.05) is 184 Å². The molecule has 11 aromatic carbocycles. The average Bonchev–Trinajstić information content (AvgIpc) is 4.08. The molecule has 0 saturated heterocycles. The third-order valence-corrected chi connectivity index (χ3v) is 14.8. The van der Waals surface area contributed by atoms with Crippen molar-refractivity contribution in [2.45, 2.75) is 19.3 Å². The maximum Gasteiger partial charge on any atom is 0.159 e. The van der Waals surface area contributed by atoms with Gasteiger partial charge in [0.2, 0.25) is 0 Å². The van der Waals surface area contributed by atoms with E-state index in [9.17, 15) is 0 Å². The molecule has 71 heavy (non-hydrogen) atoms. The molecule has 0 saturated carbocycles. The Morgan fingerprint density at radius 3 is 1.35 bits per heavy atom. The summed E-state index contributed by atoms with van der Waals surface area (Å²) in [6.07, 6.45) is 0. The highest BCUT2D eigenvalue weighted by molar-refractivity contribution is 6.12. The molecular formula is C67H46N2O2. The van der Waals surface area contributed by atoms with Gasteiger partial charge in [-0.05, 0) is 128 Å². The Bertz CT molecular complexity index is 4220. The second-order valence-corrected chi connectivity index (χ2v) is 19.3. The molecule has 0 spiro atoms. The Labute approximate surface area is 411 Å². The van der Waals surface area contributed by atoms with Gasteiger partial charge in [-0.3, -0.25) is 0 Å². The van der Waals surface area contributed by atoms with Crippen LogP contribution in [0.2, 0.25) is 0 Å². The van der Waals surface area contributed by atoms with Gasteiger partial charge in [-0.2, -0.15) is 0 Å². The van der Waals surface area contributed by atoms with Gasteiger partial charge in [-0.15, -0.1) is 0 Å². The van der Waals surface area contributed by atoms with E-state index in [4.69, 9.17) is 8.83 Å². The van der Waals surface area contributed by atoms with Crippen molar-refractivity contribution in [3.63, 3.8) is 0 Å². The van der Waals surface area contributed by atoms with Crippen molar-refractivity contribution in [3.05, 3.63) is 254 Å². The van der Waals surface area contributed by atoms with Gasteiger partial charge < -0.3 is 18.6 Å². The minimum atomic E-state index is -0.325. The van der Waals surface area contributed by atoms with Crippen LogP contribution < -0.4 is 9.80 Å². The molecule has 0 atom stereocenters. The van der Waals surface area contributed by atoms with E-state index in [1.807, 2.05) is 12.1 Å². The third kappa shape index (κ3) is 6.52. The molecule has 2 aromatic heterocycles. The predicted molar refractivity (Wildman–Crippen MR) is 296 cm³/mol. The van der Waals surface area contributed by atoms with Crippen molar-refractivity contribution in [1.29, 1.82) is 0 Å². The van der Waals surface area contributed by atoms with Crippen LogP contribution in [0, 0.1) is 0 Å². The first kappa shape index (κ1) is 40.9. The van der Waals surface area contributed by atoms with Gasteiger partial charge in [0.25, 0.3) is 0 Å². The summed E-state index contributed by atoms with van der Waals surface area (Å²) in [4.78, 5) is 4.74. The Balaban J connectivity index is 0.914. The van der Waals surface area contributed by atoms with Crippen molar-refractivity contribution in [2.75, 3.05) is 9.80 Å². The van der Waals surface area contributed by atoms with Crippen LogP contribution in [0.1, 0.15) is 25.0 Å². The number of hydrogen-bond donors (Lipinski definition) is 0. The lowest BCUT2D eigenvalue weighted by molar-refractivity contribution is 0.666. The topological polar surface area (TPSA) is 32.8 Å². The lowest BCUT2D eigenvalue weighted by Crippen LogP contribution is -2.17. The maximum atomic E-state index is 6.75. The maximum absolute atomic E-state index is 6.75. The number of anilines is 6. The first-order chi connectivity index (χ1) is 35.0. The molecule has 0 aliphatic heterocycles. The lowest BCUT2D eigenvalue weighted by Gasteiger charge is -2.29. The van der Waals surface area contributed by atoms with Gasteiger partial charge in [0.05, 0.1) is 11.4 Å². The largest absolute Gasteiger partial charge is 0.454 e. The Morgan fingerprint density at radius 2 is 0.775 bits per heavy atom. The van der Waals surface area contributed by atoms with Gasteiger partial charge in [-0.25, -0.2) is 0 Å². The number of fused-ring (bicyclic) bond motifs is 11. The normalized spacial score (nSPS) is 12.8. The zero-order valence-corrected chi connectivity index (χ0v) is 39.3. The van der Waals surface area contributed by atoms with E-state index in [0.717, 1.165) is 89.1 Å². The average molecular weight is 911 g/mol. The number of benzene rings is 11. The fourth-order valence-electron chi connectivity index (χ4n) is 11.5. The third-order valence-electron chi connectivity index (χ3n) is 14.8.